The van der Waals surface area contributed by atoms with Crippen LogP contribution in [0.4, 0.5) is 0 Å². The van der Waals surface area contributed by atoms with Gasteiger partial charge in [-0.2, -0.15) is 0 Å². The summed E-state index contributed by atoms with van der Waals surface area (Å²) in [5.74, 6) is -0.0413. The van der Waals surface area contributed by atoms with Crippen LogP contribution in [-0.4, -0.2) is 47.4 Å². The van der Waals surface area contributed by atoms with Crippen LogP contribution in [0.25, 0.3) is 0 Å². The van der Waals surface area contributed by atoms with E-state index in [-0.39, 0.29) is 18.5 Å². The van der Waals surface area contributed by atoms with E-state index in [1.165, 1.54) is 360 Å². The van der Waals surface area contributed by atoms with Crippen molar-refractivity contribution in [3.63, 3.8) is 0 Å². The van der Waals surface area contributed by atoms with E-state index < -0.39 is 12.1 Å². The summed E-state index contributed by atoms with van der Waals surface area (Å²) in [5.41, 5.74) is 0. The molecule has 0 aromatic carbocycles. The number of aliphatic hydroxyl groups is 2. The first-order valence-corrected chi connectivity index (χ1v) is 37.6. The highest BCUT2D eigenvalue weighted by Gasteiger charge is 2.18. The second-order valence-corrected chi connectivity index (χ2v) is 26.0. The van der Waals surface area contributed by atoms with Crippen LogP contribution in [0, 0.1) is 0 Å². The van der Waals surface area contributed by atoms with E-state index in [1.807, 2.05) is 6.08 Å². The Hall–Kier alpha value is -1.66. The molecule has 6 heteroatoms. The largest absolute Gasteiger partial charge is 0.466 e. The van der Waals surface area contributed by atoms with Crippen molar-refractivity contribution in [3.05, 3.63) is 24.3 Å². The molecule has 2 atom stereocenters. The monoisotopic (exact) mass is 1150 g/mol. The Labute approximate surface area is 513 Å². The maximum atomic E-state index is 12.5. The highest BCUT2D eigenvalue weighted by atomic mass is 16.5. The zero-order chi connectivity index (χ0) is 59.2. The first-order valence-electron chi connectivity index (χ1n) is 37.6. The van der Waals surface area contributed by atoms with Gasteiger partial charge in [0, 0.05) is 12.8 Å². The fraction of sp³-hybridized carbons (Fsp3) is 0.921. The third-order valence-electron chi connectivity index (χ3n) is 17.7. The molecule has 486 valence electrons. The van der Waals surface area contributed by atoms with Crippen molar-refractivity contribution in [1.29, 1.82) is 0 Å². The topological polar surface area (TPSA) is 95.9 Å². The Morgan fingerprint density at radius 2 is 0.573 bits per heavy atom. The van der Waals surface area contributed by atoms with Crippen molar-refractivity contribution < 1.29 is 24.5 Å². The molecule has 0 aliphatic heterocycles. The highest BCUT2D eigenvalue weighted by molar-refractivity contribution is 5.76. The van der Waals surface area contributed by atoms with Crippen LogP contribution in [0.1, 0.15) is 425 Å². The van der Waals surface area contributed by atoms with Crippen molar-refractivity contribution in [2.45, 2.75) is 437 Å². The van der Waals surface area contributed by atoms with Crippen LogP contribution in [0.3, 0.4) is 0 Å². The average Bonchev–Trinajstić information content (AvgIpc) is 3.48. The summed E-state index contributed by atoms with van der Waals surface area (Å²) >= 11 is 0. The Kier molecular flexibility index (Phi) is 70.4. The van der Waals surface area contributed by atoms with Crippen LogP contribution in [0.15, 0.2) is 24.3 Å². The molecule has 0 rings (SSSR count). The van der Waals surface area contributed by atoms with Crippen LogP contribution in [-0.2, 0) is 14.3 Å². The SMILES string of the molecule is CCCCCCCC/C=C\CCCCCCCCCCCC(=O)OCCCCCCCCCCCCCCCCCCCCCCCCCCCCCCCC(=O)NC(CO)C(O)/C=C/CCCCCCCCCCCCCCCCC. The van der Waals surface area contributed by atoms with Crippen molar-refractivity contribution in [2.75, 3.05) is 13.2 Å². The Balaban J connectivity index is 3.34. The predicted molar refractivity (Wildman–Crippen MR) is 361 cm³/mol. The Bertz CT molecular complexity index is 1280. The Morgan fingerprint density at radius 3 is 0.866 bits per heavy atom. The zero-order valence-electron chi connectivity index (χ0n) is 55.8. The number of carbonyl (C=O) groups is 2. The number of allylic oxidation sites excluding steroid dienone is 3. The molecule has 0 spiro atoms. The minimum atomic E-state index is -0.842. The van der Waals surface area contributed by atoms with Crippen LogP contribution in [0.2, 0.25) is 0 Å². The van der Waals surface area contributed by atoms with Crippen molar-refractivity contribution in [1.82, 2.24) is 5.32 Å². The smallest absolute Gasteiger partial charge is 0.305 e. The molecule has 0 bridgehead atoms. The first-order chi connectivity index (χ1) is 40.5. The summed E-state index contributed by atoms with van der Waals surface area (Å²) < 4.78 is 5.52. The van der Waals surface area contributed by atoms with Crippen molar-refractivity contribution in [3.8, 4) is 0 Å². The summed E-state index contributed by atoms with van der Waals surface area (Å²) in [6.45, 7) is 4.94. The van der Waals surface area contributed by atoms with Gasteiger partial charge in [-0.15, -0.1) is 0 Å². The first kappa shape index (κ1) is 80.3. The second kappa shape index (κ2) is 71.8. The van der Waals surface area contributed by atoms with E-state index in [9.17, 15) is 19.8 Å². The number of hydrogen-bond donors (Lipinski definition) is 3. The minimum absolute atomic E-state index is 0.0196. The van der Waals surface area contributed by atoms with Gasteiger partial charge in [0.1, 0.15) is 0 Å². The fourth-order valence-corrected chi connectivity index (χ4v) is 12.0. The van der Waals surface area contributed by atoms with Crippen LogP contribution < -0.4 is 5.32 Å². The molecular weight excluding hydrogens is 1010 g/mol. The van der Waals surface area contributed by atoms with Crippen LogP contribution in [0.5, 0.6) is 0 Å². The minimum Gasteiger partial charge on any atom is -0.466 e. The van der Waals surface area contributed by atoms with Gasteiger partial charge in [-0.1, -0.05) is 378 Å². The number of amides is 1. The predicted octanol–water partition coefficient (Wildman–Crippen LogP) is 24.5. The summed E-state index contributed by atoms with van der Waals surface area (Å²) in [6, 6.07) is -0.625. The van der Waals surface area contributed by atoms with Crippen LogP contribution >= 0.6 is 0 Å². The van der Waals surface area contributed by atoms with E-state index in [4.69, 9.17) is 4.74 Å². The van der Waals surface area contributed by atoms with Crippen molar-refractivity contribution in [2.24, 2.45) is 0 Å². The van der Waals surface area contributed by atoms with Gasteiger partial charge in [0.2, 0.25) is 5.91 Å². The van der Waals surface area contributed by atoms with Gasteiger partial charge >= 0.3 is 5.97 Å². The van der Waals surface area contributed by atoms with Gasteiger partial charge in [0.25, 0.3) is 0 Å². The fourth-order valence-electron chi connectivity index (χ4n) is 12.0. The second-order valence-electron chi connectivity index (χ2n) is 26.0. The van der Waals surface area contributed by atoms with Gasteiger partial charge < -0.3 is 20.3 Å². The number of unbranched alkanes of at least 4 members (excludes halogenated alkanes) is 58. The maximum absolute atomic E-state index is 12.5. The quantitative estimate of drug-likeness (QED) is 0.0320. The maximum Gasteiger partial charge on any atom is 0.305 e. The number of rotatable bonds is 71. The number of carbonyl (C=O) groups excluding carboxylic acids is 2. The van der Waals surface area contributed by atoms with E-state index >= 15 is 0 Å². The third kappa shape index (κ3) is 67.5. The van der Waals surface area contributed by atoms with Gasteiger partial charge in [-0.05, 0) is 57.8 Å². The van der Waals surface area contributed by atoms with E-state index in [0.717, 1.165) is 38.5 Å². The highest BCUT2D eigenvalue weighted by Crippen LogP contribution is 2.19. The number of aliphatic hydroxyl groups excluding tert-OH is 2. The van der Waals surface area contributed by atoms with Gasteiger partial charge in [0.05, 0.1) is 25.4 Å². The molecule has 0 saturated heterocycles. The third-order valence-corrected chi connectivity index (χ3v) is 17.7. The molecule has 82 heavy (non-hydrogen) atoms. The summed E-state index contributed by atoms with van der Waals surface area (Å²) in [7, 11) is 0. The molecule has 0 fully saturated rings. The Morgan fingerprint density at radius 1 is 0.329 bits per heavy atom. The lowest BCUT2D eigenvalue weighted by Crippen LogP contribution is -2.45. The normalized spacial score (nSPS) is 12.6. The molecule has 0 saturated carbocycles. The lowest BCUT2D eigenvalue weighted by Gasteiger charge is -2.20. The summed E-state index contributed by atoms with van der Waals surface area (Å²) in [5, 5.41) is 23.2. The number of nitrogens with one attached hydrogen (secondary N) is 1. The molecule has 0 aromatic heterocycles. The van der Waals surface area contributed by atoms with E-state index in [0.29, 0.717) is 19.4 Å². The molecule has 0 heterocycles. The van der Waals surface area contributed by atoms with Gasteiger partial charge in [0.15, 0.2) is 0 Å². The molecule has 0 aliphatic carbocycles. The molecule has 6 nitrogen and oxygen atoms in total. The lowest BCUT2D eigenvalue weighted by atomic mass is 10.0. The molecule has 0 radical (unpaired) electrons. The van der Waals surface area contributed by atoms with E-state index in [1.54, 1.807) is 6.08 Å². The van der Waals surface area contributed by atoms with Crippen molar-refractivity contribution >= 4 is 11.9 Å². The molecule has 0 aromatic rings. The molecule has 0 aliphatic rings. The molecule has 2 unspecified atom stereocenters. The van der Waals surface area contributed by atoms with Gasteiger partial charge in [-0.25, -0.2) is 0 Å². The van der Waals surface area contributed by atoms with E-state index in [2.05, 4.69) is 31.3 Å². The molecule has 1 amide bonds. The number of esters is 1. The standard InChI is InChI=1S/C76H147NO5/c1-3-5-7-9-11-13-15-17-19-21-33-38-42-46-50-54-58-62-66-70-76(81)82-71-67-63-59-55-51-47-43-39-35-32-30-28-26-24-22-23-25-27-29-31-34-37-41-45-49-53-57-61-65-69-75(80)77-73(72-78)74(79)68-64-60-56-52-48-44-40-36-20-18-16-14-12-10-8-6-4-2/h17,19,64,68,73-74,78-79H,3-16,18,20-63,65-67,69-72H2,1-2H3,(H,77,80)/b19-17-,68-64+. The lowest BCUT2D eigenvalue weighted by molar-refractivity contribution is -0.143. The summed E-state index contributed by atoms with van der Waals surface area (Å²) in [4.78, 5) is 24.6. The average molecular weight is 1160 g/mol. The van der Waals surface area contributed by atoms with Gasteiger partial charge in [-0.3, -0.25) is 9.59 Å². The molecular formula is C76H147NO5. The number of hydrogen-bond acceptors (Lipinski definition) is 5. The molecule has 3 N–H and O–H groups in total. The zero-order valence-corrected chi connectivity index (χ0v) is 55.8. The number of ether oxygens (including phenoxy) is 1. The summed E-state index contributed by atoms with van der Waals surface area (Å²) in [6.07, 6.45) is 91.4.